The van der Waals surface area contributed by atoms with Gasteiger partial charge in [-0.2, -0.15) is 9.97 Å². The second-order valence-corrected chi connectivity index (χ2v) is 12.2. The summed E-state index contributed by atoms with van der Waals surface area (Å²) in [6.45, 7) is 0. The van der Waals surface area contributed by atoms with Crippen LogP contribution < -0.4 is 0 Å². The highest BCUT2D eigenvalue weighted by Crippen LogP contribution is 2.40. The SMILES string of the molecule is [2H]c1cc([2H])c2c(c1[2H])c1c([2H])c3c4c([2H])c([2H])cc([2H])c4n(-c4nc(-c5ccccc5)nc(-c5ccc6c(c5)oc5ccccc56)n4)c3c([2H])c1n2-c1ccccc1. The first-order valence-corrected chi connectivity index (χ1v) is 16.4. The normalized spacial score (nSPS) is 14.1. The average molecular weight is 662 g/mol. The van der Waals surface area contributed by atoms with Crippen LogP contribution in [-0.2, 0) is 0 Å². The Morgan fingerprint density at radius 1 is 0.451 bits per heavy atom. The topological polar surface area (TPSA) is 61.7 Å². The number of rotatable bonds is 4. The lowest BCUT2D eigenvalue weighted by Gasteiger charge is -2.11. The standard InChI is InChI=1S/C45H27N5O/c1-3-13-28(14-4-1)43-46-44(29-23-24-34-33-19-9-12-22-41(33)51-42(34)25-29)48-45(47-43)50-38-21-11-8-18-32(38)36-26-35-31-17-7-10-20-37(31)49(39(35)27-40(36)50)30-15-5-2-6-16-30/h1-27H/i7D,8D,17D,18D,20D,21D,26D,27D. The molecule has 0 bridgehead atoms. The van der Waals surface area contributed by atoms with Gasteiger partial charge in [-0.25, -0.2) is 4.98 Å². The van der Waals surface area contributed by atoms with E-state index >= 15 is 0 Å². The Balaban J connectivity index is 1.32. The van der Waals surface area contributed by atoms with E-state index in [1.165, 1.54) is 16.7 Å². The molecule has 4 aromatic heterocycles. The highest BCUT2D eigenvalue weighted by atomic mass is 16.3. The van der Waals surface area contributed by atoms with Gasteiger partial charge < -0.3 is 8.98 Å². The van der Waals surface area contributed by atoms with Gasteiger partial charge in [0.15, 0.2) is 11.6 Å². The second kappa shape index (κ2) is 10.7. The number of hydrogen-bond acceptors (Lipinski definition) is 4. The number of nitrogens with zero attached hydrogens (tertiary/aromatic N) is 5. The molecule has 11 rings (SSSR count). The number of aromatic nitrogens is 5. The van der Waals surface area contributed by atoms with Crippen LogP contribution in [0.2, 0.25) is 0 Å². The molecule has 51 heavy (non-hydrogen) atoms. The summed E-state index contributed by atoms with van der Waals surface area (Å²) < 4.78 is 83.3. The zero-order valence-corrected chi connectivity index (χ0v) is 26.6. The fourth-order valence-electron chi connectivity index (χ4n) is 7.01. The van der Waals surface area contributed by atoms with Gasteiger partial charge in [-0.05, 0) is 54.5 Å². The Labute approximate surface area is 302 Å². The third-order valence-electron chi connectivity index (χ3n) is 9.29. The van der Waals surface area contributed by atoms with Crippen LogP contribution in [0.25, 0.3) is 100.0 Å². The molecule has 7 aromatic carbocycles. The molecule has 0 radical (unpaired) electrons. The summed E-state index contributed by atoms with van der Waals surface area (Å²) in [5, 5.41) is 2.34. The zero-order chi connectivity index (χ0) is 40.4. The molecule has 0 aliphatic heterocycles. The van der Waals surface area contributed by atoms with Crippen LogP contribution in [0, 0.1) is 0 Å². The van der Waals surface area contributed by atoms with Gasteiger partial charge in [-0.15, -0.1) is 0 Å². The summed E-state index contributed by atoms with van der Waals surface area (Å²) in [7, 11) is 0. The van der Waals surface area contributed by atoms with Crippen molar-refractivity contribution >= 4 is 65.6 Å². The lowest BCUT2D eigenvalue weighted by atomic mass is 10.1. The van der Waals surface area contributed by atoms with Gasteiger partial charge >= 0.3 is 0 Å². The van der Waals surface area contributed by atoms with E-state index in [4.69, 9.17) is 24.9 Å². The predicted octanol–water partition coefficient (Wildman–Crippen LogP) is 11.3. The maximum atomic E-state index is 10.1. The number of hydrogen-bond donors (Lipinski definition) is 0. The van der Waals surface area contributed by atoms with Crippen molar-refractivity contribution in [3.63, 3.8) is 0 Å². The lowest BCUT2D eigenvalue weighted by molar-refractivity contribution is 0.669. The molecule has 0 aliphatic rings. The summed E-state index contributed by atoms with van der Waals surface area (Å²) in [4.78, 5) is 14.9. The molecule has 0 fully saturated rings. The molecule has 0 atom stereocenters. The van der Waals surface area contributed by atoms with Crippen LogP contribution in [0.4, 0.5) is 0 Å². The Hall–Kier alpha value is -7.05. The minimum Gasteiger partial charge on any atom is -0.456 e. The molecule has 0 aliphatic carbocycles. The quantitative estimate of drug-likeness (QED) is 0.188. The summed E-state index contributed by atoms with van der Waals surface area (Å²) in [5.74, 6) is 0.561. The van der Waals surface area contributed by atoms with Gasteiger partial charge in [-0.3, -0.25) is 4.57 Å². The Morgan fingerprint density at radius 3 is 1.84 bits per heavy atom. The molecule has 0 saturated carbocycles. The van der Waals surface area contributed by atoms with Crippen LogP contribution in [0.5, 0.6) is 0 Å². The van der Waals surface area contributed by atoms with Crippen molar-refractivity contribution in [2.24, 2.45) is 0 Å². The van der Waals surface area contributed by atoms with E-state index in [9.17, 15) is 5.48 Å². The maximum absolute atomic E-state index is 10.1. The lowest BCUT2D eigenvalue weighted by Crippen LogP contribution is -2.06. The van der Waals surface area contributed by atoms with Gasteiger partial charge in [0.1, 0.15) is 11.2 Å². The molecule has 6 heteroatoms. The minimum atomic E-state index is -0.264. The van der Waals surface area contributed by atoms with Gasteiger partial charge in [0, 0.05) is 49.1 Å². The number of para-hydroxylation sites is 4. The summed E-state index contributed by atoms with van der Waals surface area (Å²) >= 11 is 0. The van der Waals surface area contributed by atoms with Crippen LogP contribution in [0.3, 0.4) is 0 Å². The molecule has 0 amide bonds. The first kappa shape index (κ1) is 21.1. The molecule has 0 unspecified atom stereocenters. The fourth-order valence-corrected chi connectivity index (χ4v) is 7.01. The molecule has 11 aromatic rings. The van der Waals surface area contributed by atoms with Crippen molar-refractivity contribution in [2.75, 3.05) is 0 Å². The van der Waals surface area contributed by atoms with Crippen LogP contribution in [0.15, 0.2) is 168 Å². The van der Waals surface area contributed by atoms with Gasteiger partial charge in [0.05, 0.1) is 33.0 Å². The Bertz CT molecular complexity index is 3600. The summed E-state index contributed by atoms with van der Waals surface area (Å²) in [5.41, 5.74) is 3.85. The maximum Gasteiger partial charge on any atom is 0.238 e. The van der Waals surface area contributed by atoms with Crippen LogP contribution in [0.1, 0.15) is 11.0 Å². The zero-order valence-electron chi connectivity index (χ0n) is 34.6. The van der Waals surface area contributed by atoms with Crippen molar-refractivity contribution in [3.8, 4) is 34.4 Å². The van der Waals surface area contributed by atoms with E-state index < -0.39 is 0 Å². The summed E-state index contributed by atoms with van der Waals surface area (Å²) in [6.07, 6.45) is 0. The van der Waals surface area contributed by atoms with E-state index in [1.54, 1.807) is 16.7 Å². The van der Waals surface area contributed by atoms with Crippen LogP contribution >= 0.6 is 0 Å². The van der Waals surface area contributed by atoms with Crippen molar-refractivity contribution in [1.29, 1.82) is 0 Å². The number of fused-ring (bicyclic) bond motifs is 9. The molecular weight excluding hydrogens is 627 g/mol. The molecule has 0 spiro atoms. The van der Waals surface area contributed by atoms with Crippen molar-refractivity contribution in [1.82, 2.24) is 24.1 Å². The van der Waals surface area contributed by atoms with E-state index in [0.29, 0.717) is 22.4 Å². The van der Waals surface area contributed by atoms with Crippen molar-refractivity contribution in [2.45, 2.75) is 0 Å². The molecule has 0 N–H and O–H groups in total. The predicted molar refractivity (Wildman–Crippen MR) is 207 cm³/mol. The van der Waals surface area contributed by atoms with E-state index in [2.05, 4.69) is 0 Å². The van der Waals surface area contributed by atoms with Gasteiger partial charge in [-0.1, -0.05) is 109 Å². The van der Waals surface area contributed by atoms with Crippen LogP contribution in [-0.4, -0.2) is 24.1 Å². The molecule has 0 saturated heterocycles. The second-order valence-electron chi connectivity index (χ2n) is 12.2. The Kier molecular flexibility index (Phi) is 4.44. The third kappa shape index (κ3) is 4.20. The third-order valence-corrected chi connectivity index (χ3v) is 9.29. The molecule has 6 nitrogen and oxygen atoms in total. The van der Waals surface area contributed by atoms with Gasteiger partial charge in [0.25, 0.3) is 0 Å². The van der Waals surface area contributed by atoms with E-state index in [-0.39, 0.29) is 110 Å². The van der Waals surface area contributed by atoms with Crippen molar-refractivity contribution in [3.05, 3.63) is 164 Å². The van der Waals surface area contributed by atoms with E-state index in [0.717, 1.165) is 16.4 Å². The minimum absolute atomic E-state index is 0.00890. The highest BCUT2D eigenvalue weighted by Gasteiger charge is 2.21. The first-order valence-electron chi connectivity index (χ1n) is 20.4. The number of benzene rings is 7. The smallest absolute Gasteiger partial charge is 0.238 e. The molecule has 4 heterocycles. The Morgan fingerprint density at radius 2 is 1.08 bits per heavy atom. The monoisotopic (exact) mass is 661 g/mol. The molecular formula is C45H27N5O. The fraction of sp³-hybridized carbons (Fsp3) is 0. The van der Waals surface area contributed by atoms with Gasteiger partial charge in [0.2, 0.25) is 5.95 Å². The first-order chi connectivity index (χ1) is 28.6. The average Bonchev–Trinajstić information content (AvgIpc) is 3.94. The number of furan rings is 1. The summed E-state index contributed by atoms with van der Waals surface area (Å²) in [6, 6.07) is 32.9. The van der Waals surface area contributed by atoms with E-state index in [1.807, 2.05) is 91.0 Å². The van der Waals surface area contributed by atoms with Crippen molar-refractivity contribution < 1.29 is 15.4 Å². The largest absolute Gasteiger partial charge is 0.456 e. The molecule has 238 valence electrons. The highest BCUT2D eigenvalue weighted by molar-refractivity contribution is 6.19.